The molecule has 3 aliphatic rings. The van der Waals surface area contributed by atoms with E-state index in [0.717, 1.165) is 22.4 Å². The van der Waals surface area contributed by atoms with Gasteiger partial charge in [0.15, 0.2) is 5.60 Å². The van der Waals surface area contributed by atoms with E-state index >= 15 is 0 Å². The van der Waals surface area contributed by atoms with Crippen LogP contribution in [0.4, 0.5) is 5.69 Å². The Morgan fingerprint density at radius 1 is 0.878 bits per heavy atom. The average molecular weight is 666 g/mol. The lowest BCUT2D eigenvalue weighted by Gasteiger charge is -2.60. The zero-order valence-corrected chi connectivity index (χ0v) is 28.7. The van der Waals surface area contributed by atoms with E-state index < -0.39 is 45.5 Å². The molecule has 1 saturated carbocycles. The lowest BCUT2D eigenvalue weighted by atomic mass is 9.45. The quantitative estimate of drug-likeness (QED) is 0.225. The fourth-order valence-electron chi connectivity index (χ4n) is 8.43. The highest BCUT2D eigenvalue weighted by Gasteiger charge is 2.73. The lowest BCUT2D eigenvalue weighted by molar-refractivity contribution is -0.181. The van der Waals surface area contributed by atoms with Crippen molar-refractivity contribution in [1.29, 1.82) is 0 Å². The van der Waals surface area contributed by atoms with Gasteiger partial charge in [-0.05, 0) is 55.8 Å². The minimum atomic E-state index is -2.74. The molecule has 0 spiro atoms. The topological polar surface area (TPSA) is 143 Å². The van der Waals surface area contributed by atoms with Crippen LogP contribution in [0.15, 0.2) is 89.7 Å². The minimum Gasteiger partial charge on any atom is -0.507 e. The number of hydrogen-bond acceptors (Lipinski definition) is 9. The van der Waals surface area contributed by atoms with E-state index in [2.05, 4.69) is 0 Å². The van der Waals surface area contributed by atoms with Gasteiger partial charge in [-0.15, -0.1) is 0 Å². The second kappa shape index (κ2) is 12.2. The largest absolute Gasteiger partial charge is 0.507 e. The van der Waals surface area contributed by atoms with E-state index in [1.807, 2.05) is 92.6 Å². The van der Waals surface area contributed by atoms with Gasteiger partial charge in [-0.2, -0.15) is 0 Å². The highest BCUT2D eigenvalue weighted by Crippen LogP contribution is 2.63. The standard InChI is InChI=1S/C39H43N3O7/c1-37-19-25-26(41(3)4)17-18-27(48-20-23-13-9-7-10-14-23)28(25)31(43)30(37)35(45)39(47)34(44)29(36(40)46)32(33(42(5)6)38(39,2)22-37)49-21-24-15-11-8-12-16-24/h7-18,33,43,47H,19-22H2,1-6H3,(H2,40,46)/t33-,37+,38+,39-/m1/s1. The van der Waals surface area contributed by atoms with Gasteiger partial charge in [-0.3, -0.25) is 19.3 Å². The molecular weight excluding hydrogens is 622 g/mol. The van der Waals surface area contributed by atoms with Crippen LogP contribution in [0, 0.1) is 10.8 Å². The third-order valence-electron chi connectivity index (χ3n) is 10.4. The van der Waals surface area contributed by atoms with Crippen molar-refractivity contribution in [2.45, 2.75) is 51.5 Å². The molecule has 0 unspecified atom stereocenters. The zero-order chi connectivity index (χ0) is 35.5. The van der Waals surface area contributed by atoms with Gasteiger partial charge in [0.1, 0.15) is 36.1 Å². The Bertz CT molecular complexity index is 1900. The monoisotopic (exact) mass is 665 g/mol. The van der Waals surface area contributed by atoms with Crippen molar-refractivity contribution in [2.24, 2.45) is 16.6 Å². The van der Waals surface area contributed by atoms with E-state index in [9.17, 15) is 24.6 Å². The summed E-state index contributed by atoms with van der Waals surface area (Å²) in [5.74, 6) is -3.21. The Hall–Kier alpha value is -4.93. The molecule has 4 N–H and O–H groups in total. The highest BCUT2D eigenvalue weighted by molar-refractivity contribution is 6.33. The number of ketones is 2. The van der Waals surface area contributed by atoms with Crippen molar-refractivity contribution in [1.82, 2.24) is 4.90 Å². The van der Waals surface area contributed by atoms with Crippen molar-refractivity contribution in [3.63, 3.8) is 0 Å². The van der Waals surface area contributed by atoms with Crippen molar-refractivity contribution >= 4 is 28.9 Å². The average Bonchev–Trinajstić information content (AvgIpc) is 3.04. The number of ether oxygens (including phenoxy) is 2. The molecule has 0 saturated heterocycles. The van der Waals surface area contributed by atoms with Gasteiger partial charge in [0.2, 0.25) is 11.6 Å². The number of Topliss-reactive ketones (excluding diaryl/α,β-unsaturated/α-hetero) is 2. The molecule has 49 heavy (non-hydrogen) atoms. The van der Waals surface area contributed by atoms with Crippen LogP contribution in [0.1, 0.15) is 42.5 Å². The molecule has 256 valence electrons. The van der Waals surface area contributed by atoms with Gasteiger partial charge in [0, 0.05) is 36.2 Å². The number of rotatable bonds is 9. The van der Waals surface area contributed by atoms with E-state index in [-0.39, 0.29) is 36.7 Å². The van der Waals surface area contributed by atoms with Crippen molar-refractivity contribution in [3.8, 4) is 5.75 Å². The molecule has 3 aromatic carbocycles. The molecule has 3 aromatic rings. The minimum absolute atomic E-state index is 0.00775. The van der Waals surface area contributed by atoms with Crippen molar-refractivity contribution < 1.29 is 34.1 Å². The van der Waals surface area contributed by atoms with Crippen molar-refractivity contribution in [3.05, 3.63) is 112 Å². The number of benzene rings is 3. The smallest absolute Gasteiger partial charge is 0.255 e. The molecule has 1 fully saturated rings. The van der Waals surface area contributed by atoms with E-state index in [4.69, 9.17) is 15.2 Å². The van der Waals surface area contributed by atoms with Crippen LogP contribution in [0.25, 0.3) is 5.76 Å². The number of nitrogens with two attached hydrogens (primary N) is 1. The van der Waals surface area contributed by atoms with E-state index in [1.165, 1.54) is 0 Å². The fraction of sp³-hybridized carbons (Fsp3) is 0.359. The summed E-state index contributed by atoms with van der Waals surface area (Å²) in [6.45, 7) is 3.79. The van der Waals surface area contributed by atoms with Crippen LogP contribution in [0.3, 0.4) is 0 Å². The Balaban J connectivity index is 1.53. The van der Waals surface area contributed by atoms with Crippen LogP contribution in [0.2, 0.25) is 0 Å². The molecule has 1 amide bonds. The number of primary amides is 1. The summed E-state index contributed by atoms with van der Waals surface area (Å²) in [5, 5.41) is 24.8. The van der Waals surface area contributed by atoms with Gasteiger partial charge in [0.05, 0.1) is 11.6 Å². The first-order valence-corrected chi connectivity index (χ1v) is 16.3. The number of aliphatic hydroxyl groups excluding tert-OH is 1. The Labute approximate surface area is 286 Å². The maximum absolute atomic E-state index is 14.9. The number of anilines is 1. The summed E-state index contributed by atoms with van der Waals surface area (Å²) in [7, 11) is 7.28. The molecule has 10 heteroatoms. The van der Waals surface area contributed by atoms with Gasteiger partial charge in [-0.25, -0.2) is 0 Å². The molecule has 4 atom stereocenters. The summed E-state index contributed by atoms with van der Waals surface area (Å²) in [5.41, 5.74) is 3.54. The molecule has 0 radical (unpaired) electrons. The normalized spacial score (nSPS) is 26.2. The number of carbonyl (C=O) groups excluding carboxylic acids is 3. The predicted octanol–water partition coefficient (Wildman–Crippen LogP) is 4.34. The van der Waals surface area contributed by atoms with Crippen LogP contribution in [-0.4, -0.2) is 72.4 Å². The Morgan fingerprint density at radius 3 is 1.98 bits per heavy atom. The van der Waals surface area contributed by atoms with Gasteiger partial charge < -0.3 is 30.3 Å². The fourth-order valence-corrected chi connectivity index (χ4v) is 8.43. The van der Waals surface area contributed by atoms with Gasteiger partial charge in [-0.1, -0.05) is 74.5 Å². The Kier molecular flexibility index (Phi) is 8.45. The number of aliphatic hydroxyl groups is 2. The molecular formula is C39H43N3O7. The van der Waals surface area contributed by atoms with Crippen LogP contribution >= 0.6 is 0 Å². The lowest BCUT2D eigenvalue weighted by Crippen LogP contribution is -2.74. The van der Waals surface area contributed by atoms with Gasteiger partial charge >= 0.3 is 0 Å². The first kappa shape index (κ1) is 34.0. The first-order valence-electron chi connectivity index (χ1n) is 16.3. The van der Waals surface area contributed by atoms with Crippen LogP contribution < -0.4 is 15.4 Å². The molecule has 0 aliphatic heterocycles. The summed E-state index contributed by atoms with van der Waals surface area (Å²) in [4.78, 5) is 46.1. The van der Waals surface area contributed by atoms with Crippen LogP contribution in [0.5, 0.6) is 5.75 Å². The summed E-state index contributed by atoms with van der Waals surface area (Å²) < 4.78 is 12.5. The maximum atomic E-state index is 14.9. The van der Waals surface area contributed by atoms with Gasteiger partial charge in [0.25, 0.3) is 5.91 Å². The molecule has 3 aliphatic carbocycles. The highest BCUT2D eigenvalue weighted by atomic mass is 16.5. The van der Waals surface area contributed by atoms with E-state index in [0.29, 0.717) is 17.7 Å². The number of carbonyl (C=O) groups is 3. The number of fused-ring (bicyclic) bond motifs is 3. The number of likely N-dealkylation sites (N-methyl/N-ethyl adjacent to an activating group) is 1. The summed E-state index contributed by atoms with van der Waals surface area (Å²) >= 11 is 0. The van der Waals surface area contributed by atoms with Crippen molar-refractivity contribution in [2.75, 3.05) is 33.1 Å². The number of nitrogens with zero attached hydrogens (tertiary/aromatic N) is 2. The number of hydrogen-bond donors (Lipinski definition) is 3. The second-order valence-electron chi connectivity index (χ2n) is 14.3. The molecule has 6 rings (SSSR count). The summed E-state index contributed by atoms with van der Waals surface area (Å²) in [6.07, 6.45) is 0.387. The number of amides is 1. The molecule has 10 nitrogen and oxygen atoms in total. The molecule has 0 bridgehead atoms. The van der Waals surface area contributed by atoms with Crippen LogP contribution in [-0.2, 0) is 38.8 Å². The SMILES string of the molecule is CN(C)c1ccc(OCc2ccccc2)c2c1C[C@@]1(C)C[C@@]3(C)[C@H](N(C)C)C(OCc4ccccc4)=C(C(N)=O)C(=O)[C@@]3(O)C(=O)C1=C2O. The third-order valence-corrected chi connectivity index (χ3v) is 10.4. The summed E-state index contributed by atoms with van der Waals surface area (Å²) in [6, 6.07) is 21.6. The maximum Gasteiger partial charge on any atom is 0.255 e. The first-order chi connectivity index (χ1) is 23.2. The third kappa shape index (κ3) is 5.21. The molecule has 0 heterocycles. The molecule has 0 aromatic heterocycles. The second-order valence-corrected chi connectivity index (χ2v) is 14.3. The van der Waals surface area contributed by atoms with E-state index in [1.54, 1.807) is 32.0 Å². The zero-order valence-electron chi connectivity index (χ0n) is 28.7. The predicted molar refractivity (Wildman–Crippen MR) is 186 cm³/mol. The Morgan fingerprint density at radius 2 is 1.45 bits per heavy atom.